The molecule has 0 spiro atoms. The molecule has 0 unspecified atom stereocenters. The van der Waals surface area contributed by atoms with Gasteiger partial charge < -0.3 is 15.5 Å². The van der Waals surface area contributed by atoms with E-state index >= 15 is 0 Å². The third-order valence-corrected chi connectivity index (χ3v) is 5.01. The van der Waals surface area contributed by atoms with E-state index in [-0.39, 0.29) is 12.1 Å². The molecule has 2 amide bonds. The number of nitrogens with one attached hydrogen (secondary N) is 2. The fraction of sp³-hybridized carbons (Fsp3) is 0.375. The number of hydrogen-bond acceptors (Lipinski definition) is 4. The molecule has 25 heavy (non-hydrogen) atoms. The van der Waals surface area contributed by atoms with Crippen LogP contribution >= 0.6 is 11.3 Å². The van der Waals surface area contributed by atoms with Crippen LogP contribution in [0.4, 0.5) is 28.8 Å². The van der Waals surface area contributed by atoms with Crippen LogP contribution in [0.5, 0.6) is 0 Å². The molecule has 0 aliphatic carbocycles. The maximum absolute atomic E-state index is 12.7. The van der Waals surface area contributed by atoms with Crippen LogP contribution in [0.25, 0.3) is 0 Å². The Labute approximate surface area is 146 Å². The van der Waals surface area contributed by atoms with E-state index in [1.54, 1.807) is 12.1 Å². The average molecular weight is 370 g/mol. The number of aromatic nitrogens is 1. The quantitative estimate of drug-likeness (QED) is 0.860. The highest BCUT2D eigenvalue weighted by Crippen LogP contribution is 2.36. The van der Waals surface area contributed by atoms with Gasteiger partial charge in [0, 0.05) is 24.8 Å². The van der Waals surface area contributed by atoms with E-state index in [9.17, 15) is 18.0 Å². The molecule has 1 aliphatic rings. The fourth-order valence-corrected chi connectivity index (χ4v) is 3.47. The van der Waals surface area contributed by atoms with E-state index in [2.05, 4.69) is 15.6 Å². The van der Waals surface area contributed by atoms with Crippen molar-refractivity contribution in [3.63, 3.8) is 0 Å². The Morgan fingerprint density at radius 2 is 1.88 bits per heavy atom. The number of amides is 2. The van der Waals surface area contributed by atoms with Gasteiger partial charge in [0.25, 0.3) is 0 Å². The summed E-state index contributed by atoms with van der Waals surface area (Å²) in [5, 5.41) is 6.02. The molecular weight excluding hydrogens is 353 g/mol. The second-order valence-corrected chi connectivity index (χ2v) is 6.74. The van der Waals surface area contributed by atoms with Gasteiger partial charge in [0.2, 0.25) is 0 Å². The first-order valence-corrected chi connectivity index (χ1v) is 8.64. The highest BCUT2D eigenvalue weighted by atomic mass is 32.1. The molecule has 0 atom stereocenters. The van der Waals surface area contributed by atoms with E-state index in [1.807, 2.05) is 23.1 Å². The Morgan fingerprint density at radius 1 is 1.20 bits per heavy atom. The molecule has 0 bridgehead atoms. The van der Waals surface area contributed by atoms with Gasteiger partial charge >= 0.3 is 12.2 Å². The van der Waals surface area contributed by atoms with Crippen LogP contribution in [0.1, 0.15) is 17.7 Å². The first-order valence-electron chi connectivity index (χ1n) is 7.82. The Balaban J connectivity index is 1.48. The topological polar surface area (TPSA) is 57.3 Å². The van der Waals surface area contributed by atoms with Crippen molar-refractivity contribution in [3.05, 3.63) is 41.4 Å². The molecule has 0 radical (unpaired) electrons. The highest BCUT2D eigenvalue weighted by molar-refractivity contribution is 7.15. The van der Waals surface area contributed by atoms with Crippen molar-refractivity contribution >= 4 is 28.2 Å². The molecule has 1 saturated heterocycles. The molecule has 134 valence electrons. The summed E-state index contributed by atoms with van der Waals surface area (Å²) >= 11 is 0.653. The van der Waals surface area contributed by atoms with Gasteiger partial charge in [0.05, 0.1) is 6.20 Å². The summed E-state index contributed by atoms with van der Waals surface area (Å²) in [5.41, 5.74) is 0.708. The van der Waals surface area contributed by atoms with Crippen molar-refractivity contribution in [1.82, 2.24) is 10.3 Å². The van der Waals surface area contributed by atoms with Gasteiger partial charge in [-0.25, -0.2) is 9.78 Å². The lowest BCUT2D eigenvalue weighted by molar-refractivity contribution is -0.134. The van der Waals surface area contributed by atoms with Crippen molar-refractivity contribution in [2.45, 2.75) is 25.1 Å². The molecule has 2 aromatic rings. The third-order valence-electron chi connectivity index (χ3n) is 3.91. The van der Waals surface area contributed by atoms with Crippen molar-refractivity contribution in [2.75, 3.05) is 23.3 Å². The number of hydrogen-bond donors (Lipinski definition) is 2. The van der Waals surface area contributed by atoms with Gasteiger partial charge in [0.15, 0.2) is 5.13 Å². The molecule has 1 fully saturated rings. The predicted molar refractivity (Wildman–Crippen MR) is 90.9 cm³/mol. The summed E-state index contributed by atoms with van der Waals surface area (Å²) in [6.45, 7) is 1.11. The summed E-state index contributed by atoms with van der Waals surface area (Å²) in [7, 11) is 0. The maximum Gasteiger partial charge on any atom is 0.427 e. The number of urea groups is 1. The number of carbonyl (C=O) groups excluding carboxylic acids is 1. The lowest BCUT2D eigenvalue weighted by Gasteiger charge is -2.32. The van der Waals surface area contributed by atoms with Crippen LogP contribution in [0.15, 0.2) is 36.5 Å². The van der Waals surface area contributed by atoms with Crippen molar-refractivity contribution in [2.24, 2.45) is 0 Å². The number of halogens is 3. The minimum Gasteiger partial charge on any atom is -0.348 e. The molecule has 1 aliphatic heterocycles. The Morgan fingerprint density at radius 3 is 2.48 bits per heavy atom. The first kappa shape index (κ1) is 17.5. The normalized spacial score (nSPS) is 15.9. The summed E-state index contributed by atoms with van der Waals surface area (Å²) in [4.78, 5) is 17.0. The number of benzene rings is 1. The van der Waals surface area contributed by atoms with Crippen molar-refractivity contribution in [1.29, 1.82) is 0 Å². The fourth-order valence-electron chi connectivity index (χ4n) is 2.63. The summed E-state index contributed by atoms with van der Waals surface area (Å²) in [6, 6.07) is 8.82. The number of alkyl halides is 3. The Bertz CT molecular complexity index is 712. The summed E-state index contributed by atoms with van der Waals surface area (Å²) < 4.78 is 38.0. The highest BCUT2D eigenvalue weighted by Gasteiger charge is 2.34. The number of thiazole rings is 1. The number of piperidine rings is 1. The van der Waals surface area contributed by atoms with Crippen LogP contribution in [0.2, 0.25) is 0 Å². The molecular formula is C16H17F3N4OS. The Hall–Kier alpha value is -2.29. The van der Waals surface area contributed by atoms with Crippen molar-refractivity contribution in [3.8, 4) is 0 Å². The third kappa shape index (κ3) is 4.62. The van der Waals surface area contributed by atoms with Gasteiger partial charge in [-0.15, -0.1) is 0 Å². The van der Waals surface area contributed by atoms with E-state index < -0.39 is 11.1 Å². The first-order chi connectivity index (χ1) is 11.9. The van der Waals surface area contributed by atoms with E-state index in [1.165, 1.54) is 0 Å². The van der Waals surface area contributed by atoms with Gasteiger partial charge in [-0.05, 0) is 25.0 Å². The summed E-state index contributed by atoms with van der Waals surface area (Å²) in [5.74, 6) is 0. The van der Waals surface area contributed by atoms with Crippen molar-refractivity contribution < 1.29 is 18.0 Å². The van der Waals surface area contributed by atoms with Crippen LogP contribution in [-0.4, -0.2) is 30.1 Å². The monoisotopic (exact) mass is 370 g/mol. The summed E-state index contributed by atoms with van der Waals surface area (Å²) in [6.07, 6.45) is -2.17. The second-order valence-electron chi connectivity index (χ2n) is 5.73. The number of para-hydroxylation sites is 1. The molecule has 2 N–H and O–H groups in total. The molecule has 9 heteroatoms. The molecule has 1 aromatic heterocycles. The lowest BCUT2D eigenvalue weighted by atomic mass is 10.1. The SMILES string of the molecule is O=C(Nc1ccccc1)NC1CCN(c2ncc(C(F)(F)F)s2)CC1. The molecule has 5 nitrogen and oxygen atoms in total. The standard InChI is InChI=1S/C16H17F3N4OS/c17-16(18,19)13-10-20-15(25-13)23-8-6-12(7-9-23)22-14(24)21-11-4-2-1-3-5-11/h1-5,10,12H,6-9H2,(H2,21,22,24). The van der Waals surface area contributed by atoms with E-state index in [0.29, 0.717) is 48.1 Å². The average Bonchev–Trinajstić information content (AvgIpc) is 3.07. The van der Waals surface area contributed by atoms with Crippen LogP contribution in [0.3, 0.4) is 0 Å². The zero-order valence-corrected chi connectivity index (χ0v) is 14.0. The number of anilines is 2. The predicted octanol–water partition coefficient (Wildman–Crippen LogP) is 3.95. The lowest BCUT2D eigenvalue weighted by Crippen LogP contribution is -2.46. The van der Waals surface area contributed by atoms with Crippen LogP contribution in [0, 0.1) is 0 Å². The molecule has 0 saturated carbocycles. The Kier molecular flexibility index (Phi) is 5.12. The smallest absolute Gasteiger partial charge is 0.348 e. The largest absolute Gasteiger partial charge is 0.427 e. The number of nitrogens with zero attached hydrogens (tertiary/aromatic N) is 2. The maximum atomic E-state index is 12.7. The van der Waals surface area contributed by atoms with Gasteiger partial charge in [-0.2, -0.15) is 13.2 Å². The zero-order chi connectivity index (χ0) is 17.9. The minimum absolute atomic E-state index is 0.0120. The van der Waals surface area contributed by atoms with Gasteiger partial charge in [-0.3, -0.25) is 0 Å². The number of rotatable bonds is 3. The minimum atomic E-state index is -4.36. The van der Waals surface area contributed by atoms with Crippen LogP contribution in [-0.2, 0) is 6.18 Å². The number of carbonyl (C=O) groups is 1. The molecule has 3 rings (SSSR count). The van der Waals surface area contributed by atoms with E-state index in [0.717, 1.165) is 6.20 Å². The zero-order valence-electron chi connectivity index (χ0n) is 13.2. The van der Waals surface area contributed by atoms with Gasteiger partial charge in [0.1, 0.15) is 4.88 Å². The van der Waals surface area contributed by atoms with Crippen LogP contribution < -0.4 is 15.5 Å². The van der Waals surface area contributed by atoms with E-state index in [4.69, 9.17) is 0 Å². The molecule has 2 heterocycles. The second kappa shape index (κ2) is 7.30. The van der Waals surface area contributed by atoms with Gasteiger partial charge in [-0.1, -0.05) is 29.5 Å². The molecule has 1 aromatic carbocycles.